The molecule has 1 N–H and O–H groups in total. The second kappa shape index (κ2) is 6.55. The number of aliphatic hydroxyl groups is 1. The highest BCUT2D eigenvalue weighted by Crippen LogP contribution is 2.34. The lowest BCUT2D eigenvalue weighted by molar-refractivity contribution is -0.0271. The summed E-state index contributed by atoms with van der Waals surface area (Å²) < 4.78 is 0. The van der Waals surface area contributed by atoms with E-state index in [2.05, 4.69) is 32.3 Å². The monoisotopic (exact) mass is 239 g/mol. The van der Waals surface area contributed by atoms with Crippen LogP contribution in [0.2, 0.25) is 0 Å². The molecule has 1 atom stereocenters. The van der Waals surface area contributed by atoms with Crippen LogP contribution < -0.4 is 0 Å². The van der Waals surface area contributed by atoms with Gasteiger partial charge < -0.3 is 5.11 Å². The molecule has 1 rings (SSSR count). The van der Waals surface area contributed by atoms with Gasteiger partial charge in [0, 0.05) is 5.54 Å². The molecule has 0 bridgehead atoms. The second-order valence-electron chi connectivity index (χ2n) is 5.33. The van der Waals surface area contributed by atoms with Crippen molar-refractivity contribution in [1.82, 2.24) is 4.90 Å². The summed E-state index contributed by atoms with van der Waals surface area (Å²) >= 11 is 0. The van der Waals surface area contributed by atoms with E-state index in [0.29, 0.717) is 0 Å². The van der Waals surface area contributed by atoms with Gasteiger partial charge in [0.25, 0.3) is 0 Å². The van der Waals surface area contributed by atoms with Gasteiger partial charge >= 0.3 is 0 Å². The smallest absolute Gasteiger partial charge is 0.0760 e. The largest absolute Gasteiger partial charge is 0.391 e. The van der Waals surface area contributed by atoms with Crippen LogP contribution >= 0.6 is 0 Å². The highest BCUT2D eigenvalue weighted by atomic mass is 16.3. The SMILES string of the molecule is C=C(CC)CC(O)C(CC)(CC)N1CCCC1. The first-order valence-corrected chi connectivity index (χ1v) is 7.20. The second-order valence-corrected chi connectivity index (χ2v) is 5.33. The van der Waals surface area contributed by atoms with Gasteiger partial charge in [0.05, 0.1) is 6.10 Å². The predicted molar refractivity (Wildman–Crippen MR) is 74.2 cm³/mol. The van der Waals surface area contributed by atoms with E-state index in [1.807, 2.05) is 0 Å². The molecule has 1 saturated heterocycles. The Kier molecular flexibility index (Phi) is 5.68. The number of aliphatic hydroxyl groups excluding tert-OH is 1. The van der Waals surface area contributed by atoms with E-state index in [-0.39, 0.29) is 11.6 Å². The first-order valence-electron chi connectivity index (χ1n) is 7.20. The summed E-state index contributed by atoms with van der Waals surface area (Å²) in [4.78, 5) is 2.51. The molecule has 1 fully saturated rings. The van der Waals surface area contributed by atoms with Gasteiger partial charge in [-0.25, -0.2) is 0 Å². The van der Waals surface area contributed by atoms with Crippen LogP contribution in [0.5, 0.6) is 0 Å². The molecule has 2 nitrogen and oxygen atoms in total. The molecular formula is C15H29NO. The Balaban J connectivity index is 2.77. The third kappa shape index (κ3) is 3.11. The van der Waals surface area contributed by atoms with E-state index >= 15 is 0 Å². The molecule has 100 valence electrons. The number of hydrogen-bond acceptors (Lipinski definition) is 2. The molecule has 17 heavy (non-hydrogen) atoms. The molecule has 1 aliphatic rings. The predicted octanol–water partition coefficient (Wildman–Crippen LogP) is 3.36. The van der Waals surface area contributed by atoms with Crippen molar-refractivity contribution in [2.45, 2.75) is 70.9 Å². The highest BCUT2D eigenvalue weighted by Gasteiger charge is 2.41. The van der Waals surface area contributed by atoms with E-state index in [1.165, 1.54) is 18.4 Å². The number of rotatable bonds is 7. The molecule has 2 heteroatoms. The summed E-state index contributed by atoms with van der Waals surface area (Å²) in [5, 5.41) is 10.6. The summed E-state index contributed by atoms with van der Waals surface area (Å²) in [5.41, 5.74) is 1.15. The van der Waals surface area contributed by atoms with Gasteiger partial charge in [0.2, 0.25) is 0 Å². The van der Waals surface area contributed by atoms with Gasteiger partial charge in [0.1, 0.15) is 0 Å². The van der Waals surface area contributed by atoms with Crippen molar-refractivity contribution in [2.24, 2.45) is 0 Å². The lowest BCUT2D eigenvalue weighted by atomic mass is 9.81. The van der Waals surface area contributed by atoms with Gasteiger partial charge in [0.15, 0.2) is 0 Å². The molecule has 1 heterocycles. The fourth-order valence-electron chi connectivity index (χ4n) is 3.15. The molecule has 1 aliphatic heterocycles. The minimum Gasteiger partial charge on any atom is -0.391 e. The van der Waals surface area contributed by atoms with Crippen molar-refractivity contribution in [3.05, 3.63) is 12.2 Å². The Morgan fingerprint density at radius 2 is 1.76 bits per heavy atom. The fourth-order valence-corrected chi connectivity index (χ4v) is 3.15. The van der Waals surface area contributed by atoms with Crippen molar-refractivity contribution in [3.8, 4) is 0 Å². The molecular weight excluding hydrogens is 210 g/mol. The third-order valence-corrected chi connectivity index (χ3v) is 4.56. The van der Waals surface area contributed by atoms with E-state index in [1.54, 1.807) is 0 Å². The van der Waals surface area contributed by atoms with Crippen LogP contribution in [0.1, 0.15) is 59.3 Å². The molecule has 0 aromatic rings. The van der Waals surface area contributed by atoms with E-state index in [9.17, 15) is 5.11 Å². The fraction of sp³-hybridized carbons (Fsp3) is 0.867. The van der Waals surface area contributed by atoms with Crippen molar-refractivity contribution < 1.29 is 5.11 Å². The summed E-state index contributed by atoms with van der Waals surface area (Å²) in [5.74, 6) is 0. The van der Waals surface area contributed by atoms with Gasteiger partial charge in [-0.1, -0.05) is 32.9 Å². The Labute approximate surface area is 107 Å². The summed E-state index contributed by atoms with van der Waals surface area (Å²) in [6.45, 7) is 12.9. The molecule has 0 aromatic heterocycles. The first kappa shape index (κ1) is 14.7. The van der Waals surface area contributed by atoms with E-state index < -0.39 is 0 Å². The minimum atomic E-state index is -0.261. The molecule has 0 aromatic carbocycles. The lowest BCUT2D eigenvalue weighted by Gasteiger charge is -2.44. The third-order valence-electron chi connectivity index (χ3n) is 4.56. The average molecular weight is 239 g/mol. The molecule has 1 unspecified atom stereocenters. The number of hydrogen-bond donors (Lipinski definition) is 1. The Morgan fingerprint density at radius 1 is 1.24 bits per heavy atom. The normalized spacial score (nSPS) is 19.5. The number of likely N-dealkylation sites (tertiary alicyclic amines) is 1. The van der Waals surface area contributed by atoms with Crippen LogP contribution in [0.15, 0.2) is 12.2 Å². The van der Waals surface area contributed by atoms with Crippen LogP contribution in [0.4, 0.5) is 0 Å². The Bertz CT molecular complexity index is 239. The van der Waals surface area contributed by atoms with Crippen LogP contribution in [-0.2, 0) is 0 Å². The van der Waals surface area contributed by atoms with Crippen molar-refractivity contribution in [1.29, 1.82) is 0 Å². The lowest BCUT2D eigenvalue weighted by Crippen LogP contribution is -2.55. The van der Waals surface area contributed by atoms with Crippen LogP contribution in [0.25, 0.3) is 0 Å². The quantitative estimate of drug-likeness (QED) is 0.689. The average Bonchev–Trinajstić information content (AvgIpc) is 2.85. The Morgan fingerprint density at radius 3 is 2.18 bits per heavy atom. The molecule has 0 saturated carbocycles. The maximum atomic E-state index is 10.6. The first-order chi connectivity index (χ1) is 8.10. The van der Waals surface area contributed by atoms with Crippen molar-refractivity contribution >= 4 is 0 Å². The maximum absolute atomic E-state index is 10.6. The van der Waals surface area contributed by atoms with Gasteiger partial charge in [-0.2, -0.15) is 0 Å². The zero-order chi connectivity index (χ0) is 12.9. The molecule has 0 aliphatic carbocycles. The van der Waals surface area contributed by atoms with Gasteiger partial charge in [-0.15, -0.1) is 0 Å². The zero-order valence-corrected chi connectivity index (χ0v) is 11.8. The zero-order valence-electron chi connectivity index (χ0n) is 11.8. The molecule has 0 amide bonds. The van der Waals surface area contributed by atoms with E-state index in [0.717, 1.165) is 38.8 Å². The summed E-state index contributed by atoms with van der Waals surface area (Å²) in [7, 11) is 0. The molecule has 0 spiro atoms. The van der Waals surface area contributed by atoms with E-state index in [4.69, 9.17) is 0 Å². The van der Waals surface area contributed by atoms with Gasteiger partial charge in [-0.3, -0.25) is 4.90 Å². The Hall–Kier alpha value is -0.340. The molecule has 0 radical (unpaired) electrons. The van der Waals surface area contributed by atoms with Crippen LogP contribution in [0.3, 0.4) is 0 Å². The summed E-state index contributed by atoms with van der Waals surface area (Å²) in [6, 6.07) is 0. The summed E-state index contributed by atoms with van der Waals surface area (Å²) in [6.07, 6.45) is 6.09. The van der Waals surface area contributed by atoms with Crippen LogP contribution in [-0.4, -0.2) is 34.7 Å². The van der Waals surface area contributed by atoms with Crippen LogP contribution in [0, 0.1) is 0 Å². The standard InChI is InChI=1S/C15H29NO/c1-5-13(4)12-14(17)15(6-2,7-3)16-10-8-9-11-16/h14,17H,4-12H2,1-3H3. The number of nitrogens with zero attached hydrogens (tertiary/aromatic N) is 1. The highest BCUT2D eigenvalue weighted by molar-refractivity contribution is 5.04. The van der Waals surface area contributed by atoms with Gasteiger partial charge in [-0.05, 0) is 51.6 Å². The maximum Gasteiger partial charge on any atom is 0.0760 e. The van der Waals surface area contributed by atoms with Crippen molar-refractivity contribution in [3.63, 3.8) is 0 Å². The van der Waals surface area contributed by atoms with Crippen molar-refractivity contribution in [2.75, 3.05) is 13.1 Å². The minimum absolute atomic E-state index is 0.0192. The topological polar surface area (TPSA) is 23.5 Å².